The van der Waals surface area contributed by atoms with E-state index >= 15 is 0 Å². The number of fused-ring (bicyclic) bond motifs is 1. The van der Waals surface area contributed by atoms with Crippen LogP contribution in [0.25, 0.3) is 0 Å². The summed E-state index contributed by atoms with van der Waals surface area (Å²) < 4.78 is 1.27. The molecule has 2 aliphatic rings. The summed E-state index contributed by atoms with van der Waals surface area (Å²) in [7, 11) is 4.39. The van der Waals surface area contributed by atoms with Gasteiger partial charge in [-0.25, -0.2) is 4.79 Å². The number of likely N-dealkylation sites (tertiary alicyclic amines) is 1. The lowest BCUT2D eigenvalue weighted by Gasteiger charge is -2.42. The van der Waals surface area contributed by atoms with Crippen LogP contribution in [0.15, 0.2) is 17.0 Å². The number of carbonyl (C=O) groups is 1. The molecule has 0 aliphatic carbocycles. The largest absolute Gasteiger partial charge is 0.406 e. The molecule has 2 aliphatic heterocycles. The maximum absolute atomic E-state index is 13.2. The zero-order chi connectivity index (χ0) is 15.3. The van der Waals surface area contributed by atoms with E-state index < -0.39 is 0 Å². The first-order valence-electron chi connectivity index (χ1n) is 7.95. The standard InChI is InChI=1S/C17H26N2OS/c1-13-11-14(2)16-15(12-13)21-19(4,17(16)20)18(3)9-7-5-6-8-10-18/h11-12H,5-10H2,1-4H3/q+2. The molecule has 3 nitrogen and oxygen atoms in total. The molecule has 21 heavy (non-hydrogen) atoms. The Morgan fingerprint density at radius 3 is 2.24 bits per heavy atom. The summed E-state index contributed by atoms with van der Waals surface area (Å²) in [4.78, 5) is 14.4. The molecule has 1 unspecified atom stereocenters. The molecule has 0 aromatic heterocycles. The summed E-state index contributed by atoms with van der Waals surface area (Å²) in [6, 6.07) is 4.31. The number of quaternary nitrogens is 2. The van der Waals surface area contributed by atoms with Crippen molar-refractivity contribution in [3.8, 4) is 0 Å². The van der Waals surface area contributed by atoms with Gasteiger partial charge in [0.15, 0.2) is 11.9 Å². The molecule has 2 heterocycles. The molecular weight excluding hydrogens is 280 g/mol. The molecular formula is C17H26N2OS+2. The van der Waals surface area contributed by atoms with Crippen molar-refractivity contribution in [2.24, 2.45) is 0 Å². The van der Waals surface area contributed by atoms with Gasteiger partial charge in [0, 0.05) is 12.8 Å². The second-order valence-corrected chi connectivity index (χ2v) is 8.26. The third-order valence-electron chi connectivity index (χ3n) is 5.26. The van der Waals surface area contributed by atoms with E-state index in [1.807, 2.05) is 0 Å². The Kier molecular flexibility index (Phi) is 3.67. The number of nitrogens with zero attached hydrogens (tertiary/aromatic N) is 2. The van der Waals surface area contributed by atoms with Gasteiger partial charge in [0.2, 0.25) is 0 Å². The van der Waals surface area contributed by atoms with Gasteiger partial charge in [0.05, 0.1) is 4.90 Å². The van der Waals surface area contributed by atoms with E-state index in [-0.39, 0.29) is 5.91 Å². The zero-order valence-corrected chi connectivity index (χ0v) is 14.4. The van der Waals surface area contributed by atoms with Crippen molar-refractivity contribution in [3.63, 3.8) is 0 Å². The van der Waals surface area contributed by atoms with Crippen molar-refractivity contribution in [1.29, 1.82) is 0 Å². The molecule has 0 radical (unpaired) electrons. The van der Waals surface area contributed by atoms with Crippen molar-refractivity contribution in [2.45, 2.75) is 44.4 Å². The predicted molar refractivity (Wildman–Crippen MR) is 86.7 cm³/mol. The van der Waals surface area contributed by atoms with Crippen LogP contribution in [-0.2, 0) is 0 Å². The SMILES string of the molecule is Cc1cc(C)c2c(c1)S[N+](C)([N+]1(C)CCCCCC1)C2=O. The first kappa shape index (κ1) is 15.1. The van der Waals surface area contributed by atoms with Gasteiger partial charge in [-0.1, -0.05) is 6.07 Å². The molecule has 4 heteroatoms. The van der Waals surface area contributed by atoms with E-state index in [4.69, 9.17) is 0 Å². The lowest BCUT2D eigenvalue weighted by Crippen LogP contribution is -2.66. The molecule has 1 saturated heterocycles. The van der Waals surface area contributed by atoms with Crippen molar-refractivity contribution in [2.75, 3.05) is 27.2 Å². The second kappa shape index (κ2) is 5.11. The van der Waals surface area contributed by atoms with E-state index in [2.05, 4.69) is 40.1 Å². The molecule has 0 bridgehead atoms. The number of rotatable bonds is 1. The Hall–Kier alpha value is -0.840. The summed E-state index contributed by atoms with van der Waals surface area (Å²) in [5.41, 5.74) is 3.33. The second-order valence-electron chi connectivity index (χ2n) is 6.93. The Balaban J connectivity index is 2.04. The molecule has 114 valence electrons. The molecule has 1 aromatic carbocycles. The van der Waals surface area contributed by atoms with Crippen LogP contribution in [0.5, 0.6) is 0 Å². The first-order valence-corrected chi connectivity index (χ1v) is 8.72. The summed E-state index contributed by atoms with van der Waals surface area (Å²) in [6.45, 7) is 6.38. The normalized spacial score (nSPS) is 28.3. The molecule has 3 rings (SSSR count). The Labute approximate surface area is 132 Å². The number of aryl methyl sites for hydroxylation is 2. The summed E-state index contributed by atoms with van der Waals surface area (Å²) >= 11 is 1.75. The van der Waals surface area contributed by atoms with Crippen LogP contribution in [0.2, 0.25) is 0 Å². The van der Waals surface area contributed by atoms with Gasteiger partial charge in [0.1, 0.15) is 32.7 Å². The highest BCUT2D eigenvalue weighted by molar-refractivity contribution is 7.94. The number of amides is 1. The predicted octanol–water partition coefficient (Wildman–Crippen LogP) is 3.85. The molecule has 0 spiro atoms. The van der Waals surface area contributed by atoms with Crippen molar-refractivity contribution >= 4 is 17.9 Å². The van der Waals surface area contributed by atoms with Gasteiger partial charge in [0.25, 0.3) is 0 Å². The highest BCUT2D eigenvalue weighted by Gasteiger charge is 2.58. The monoisotopic (exact) mass is 306 g/mol. The Morgan fingerprint density at radius 1 is 1.00 bits per heavy atom. The molecule has 0 saturated carbocycles. The highest BCUT2D eigenvalue weighted by Crippen LogP contribution is 2.47. The van der Waals surface area contributed by atoms with Crippen LogP contribution in [0.4, 0.5) is 0 Å². The molecule has 1 aromatic rings. The quantitative estimate of drug-likeness (QED) is 0.579. The number of hydrogen-bond donors (Lipinski definition) is 0. The average molecular weight is 306 g/mol. The fraction of sp³-hybridized carbons (Fsp3) is 0.588. The van der Waals surface area contributed by atoms with Crippen molar-refractivity contribution < 1.29 is 13.4 Å². The van der Waals surface area contributed by atoms with Crippen LogP contribution in [0.3, 0.4) is 0 Å². The topological polar surface area (TPSA) is 17.1 Å². The van der Waals surface area contributed by atoms with Gasteiger partial charge in [-0.15, -0.1) is 0 Å². The van der Waals surface area contributed by atoms with E-state index in [1.54, 1.807) is 11.9 Å². The average Bonchev–Trinajstić information content (AvgIpc) is 2.57. The Bertz CT molecular complexity index is 591. The van der Waals surface area contributed by atoms with E-state index in [0.29, 0.717) is 4.00 Å². The van der Waals surface area contributed by atoms with E-state index in [0.717, 1.165) is 28.8 Å². The van der Waals surface area contributed by atoms with Crippen molar-refractivity contribution in [3.05, 3.63) is 28.8 Å². The number of carbonyl (C=O) groups excluding carboxylic acids is 1. The number of benzene rings is 1. The fourth-order valence-electron chi connectivity index (χ4n) is 3.78. The lowest BCUT2D eigenvalue weighted by molar-refractivity contribution is -1.39. The van der Waals surface area contributed by atoms with Crippen molar-refractivity contribution in [1.82, 2.24) is 0 Å². The minimum atomic E-state index is 0.289. The highest BCUT2D eigenvalue weighted by atomic mass is 32.2. The van der Waals surface area contributed by atoms with Gasteiger partial charge in [-0.3, -0.25) is 0 Å². The summed E-state index contributed by atoms with van der Waals surface area (Å²) in [5, 5.41) is 0. The number of hydrogen-bond acceptors (Lipinski definition) is 2. The van der Waals surface area contributed by atoms with Gasteiger partial charge < -0.3 is 0 Å². The third-order valence-corrected chi connectivity index (χ3v) is 6.70. The van der Waals surface area contributed by atoms with Crippen LogP contribution in [-0.4, -0.2) is 41.7 Å². The minimum Gasteiger partial charge on any atom is -0.219 e. The summed E-state index contributed by atoms with van der Waals surface area (Å²) in [6.07, 6.45) is 5.06. The van der Waals surface area contributed by atoms with Crippen LogP contribution in [0.1, 0.15) is 47.2 Å². The lowest BCUT2D eigenvalue weighted by atomic mass is 10.0. The maximum atomic E-state index is 13.2. The van der Waals surface area contributed by atoms with Crippen LogP contribution in [0, 0.1) is 13.8 Å². The zero-order valence-electron chi connectivity index (χ0n) is 13.6. The third kappa shape index (κ3) is 2.24. The van der Waals surface area contributed by atoms with Gasteiger partial charge in [-0.05, 0) is 47.9 Å². The molecule has 1 fully saturated rings. The molecule has 1 amide bonds. The fourth-order valence-corrected chi connectivity index (χ4v) is 5.28. The smallest absolute Gasteiger partial charge is 0.219 e. The summed E-state index contributed by atoms with van der Waals surface area (Å²) in [5.74, 6) is 0.289. The first-order chi connectivity index (χ1) is 9.87. The van der Waals surface area contributed by atoms with E-state index in [9.17, 15) is 4.79 Å². The molecule has 1 atom stereocenters. The van der Waals surface area contributed by atoms with Crippen LogP contribution < -0.4 is 0 Å². The maximum Gasteiger partial charge on any atom is 0.406 e. The molecule has 0 N–H and O–H groups in total. The van der Waals surface area contributed by atoms with Gasteiger partial charge in [-0.2, -0.15) is 4.59 Å². The minimum absolute atomic E-state index is 0.289. The van der Waals surface area contributed by atoms with Crippen LogP contribution >= 0.6 is 11.9 Å². The Morgan fingerprint density at radius 2 is 1.62 bits per heavy atom. The van der Waals surface area contributed by atoms with E-state index in [1.165, 1.54) is 36.1 Å². The van der Waals surface area contributed by atoms with Gasteiger partial charge >= 0.3 is 5.91 Å².